The van der Waals surface area contributed by atoms with Crippen LogP contribution in [-0.4, -0.2) is 33.5 Å². The molecule has 0 aromatic heterocycles. The molecule has 1 saturated heterocycles. The van der Waals surface area contributed by atoms with Gasteiger partial charge in [0, 0.05) is 5.41 Å². The third-order valence-electron chi connectivity index (χ3n) is 2.82. The van der Waals surface area contributed by atoms with Crippen molar-refractivity contribution < 1.29 is 8.42 Å². The van der Waals surface area contributed by atoms with Gasteiger partial charge in [-0.1, -0.05) is 0 Å². The quantitative estimate of drug-likeness (QED) is 0.623. The van der Waals surface area contributed by atoms with Crippen LogP contribution < -0.4 is 5.32 Å². The Kier molecular flexibility index (Phi) is 1.36. The van der Waals surface area contributed by atoms with E-state index < -0.39 is 9.84 Å². The van der Waals surface area contributed by atoms with Gasteiger partial charge in [-0.2, -0.15) is 0 Å². The Bertz CT molecular complexity index is 258. The minimum Gasteiger partial charge on any atom is -0.319 e. The fraction of sp³-hybridized carbons (Fsp3) is 1.00. The highest BCUT2D eigenvalue weighted by Crippen LogP contribution is 2.59. The van der Waals surface area contributed by atoms with Gasteiger partial charge in [-0.15, -0.1) is 0 Å². The molecule has 1 aliphatic heterocycles. The largest absolute Gasteiger partial charge is 0.319 e. The first-order chi connectivity index (χ1) is 5.08. The van der Waals surface area contributed by atoms with Crippen LogP contribution in [0.1, 0.15) is 6.42 Å². The molecule has 4 heteroatoms. The Balaban J connectivity index is 1.93. The maximum absolute atomic E-state index is 10.9. The highest BCUT2D eigenvalue weighted by molar-refractivity contribution is 7.92. The van der Waals surface area contributed by atoms with Crippen LogP contribution in [0.25, 0.3) is 0 Å². The average molecular weight is 175 g/mol. The summed E-state index contributed by atoms with van der Waals surface area (Å²) in [5.41, 5.74) is 0.224. The van der Waals surface area contributed by atoms with Crippen LogP contribution in [-0.2, 0) is 9.84 Å². The maximum atomic E-state index is 10.9. The Labute approximate surface area is 67.1 Å². The van der Waals surface area contributed by atoms with Gasteiger partial charge in [0.25, 0.3) is 0 Å². The Morgan fingerprint density at radius 3 is 2.64 bits per heavy atom. The number of rotatable bonds is 2. The van der Waals surface area contributed by atoms with Crippen LogP contribution in [0.5, 0.6) is 0 Å². The summed E-state index contributed by atoms with van der Waals surface area (Å²) in [5, 5.41) is 3.09. The summed E-state index contributed by atoms with van der Waals surface area (Å²) in [6.07, 6.45) is 1.12. The highest BCUT2D eigenvalue weighted by atomic mass is 32.2. The van der Waals surface area contributed by atoms with Crippen molar-refractivity contribution >= 4 is 9.84 Å². The van der Waals surface area contributed by atoms with Crippen LogP contribution in [0.4, 0.5) is 0 Å². The summed E-state index contributed by atoms with van der Waals surface area (Å²) in [6.45, 7) is 0.982. The lowest BCUT2D eigenvalue weighted by Gasteiger charge is -2.26. The van der Waals surface area contributed by atoms with E-state index in [1.807, 2.05) is 7.05 Å². The predicted octanol–water partition coefficient (Wildman–Crippen LogP) is -0.359. The lowest BCUT2D eigenvalue weighted by Crippen LogP contribution is -2.40. The normalized spacial score (nSPS) is 36.6. The molecule has 2 rings (SSSR count). The number of hydrogen-bond acceptors (Lipinski definition) is 3. The van der Waals surface area contributed by atoms with E-state index in [0.717, 1.165) is 13.0 Å². The van der Waals surface area contributed by atoms with Crippen molar-refractivity contribution in [2.45, 2.75) is 6.42 Å². The molecule has 11 heavy (non-hydrogen) atoms. The lowest BCUT2D eigenvalue weighted by molar-refractivity contribution is 0.470. The smallest absolute Gasteiger partial charge is 0.151 e. The summed E-state index contributed by atoms with van der Waals surface area (Å²) >= 11 is 0. The fourth-order valence-electron chi connectivity index (χ4n) is 2.15. The molecule has 2 fully saturated rings. The second-order valence-corrected chi connectivity index (χ2v) is 5.92. The molecule has 1 N–H and O–H groups in total. The first-order valence-electron chi connectivity index (χ1n) is 3.93. The maximum Gasteiger partial charge on any atom is 0.151 e. The topological polar surface area (TPSA) is 46.2 Å². The van der Waals surface area contributed by atoms with Crippen LogP contribution >= 0.6 is 0 Å². The van der Waals surface area contributed by atoms with Crippen LogP contribution in [0.2, 0.25) is 0 Å². The molecule has 0 bridgehead atoms. The van der Waals surface area contributed by atoms with Gasteiger partial charge < -0.3 is 5.32 Å². The SMILES string of the molecule is CNCC1CC12CS(=O)(=O)C2. The molecule has 1 saturated carbocycles. The minimum atomic E-state index is -2.61. The first-order valence-corrected chi connectivity index (χ1v) is 5.75. The van der Waals surface area contributed by atoms with E-state index in [4.69, 9.17) is 0 Å². The van der Waals surface area contributed by atoms with Gasteiger partial charge in [-0.3, -0.25) is 0 Å². The second-order valence-electron chi connectivity index (χ2n) is 3.85. The third-order valence-corrected chi connectivity index (χ3v) is 4.85. The van der Waals surface area contributed by atoms with Crippen molar-refractivity contribution in [1.82, 2.24) is 5.32 Å². The molecule has 2 aliphatic rings. The molecule has 64 valence electrons. The Hall–Kier alpha value is -0.0900. The zero-order valence-electron chi connectivity index (χ0n) is 6.63. The molecule has 0 radical (unpaired) electrons. The van der Waals surface area contributed by atoms with Crippen LogP contribution in [0, 0.1) is 11.3 Å². The molecule has 1 unspecified atom stereocenters. The van der Waals surface area contributed by atoms with Gasteiger partial charge in [0.1, 0.15) is 0 Å². The highest BCUT2D eigenvalue weighted by Gasteiger charge is 2.64. The molecule has 0 aromatic carbocycles. The molecule has 3 nitrogen and oxygen atoms in total. The van der Waals surface area contributed by atoms with Gasteiger partial charge >= 0.3 is 0 Å². The van der Waals surface area contributed by atoms with Crippen LogP contribution in [0.15, 0.2) is 0 Å². The van der Waals surface area contributed by atoms with E-state index in [1.54, 1.807) is 0 Å². The molecule has 0 aromatic rings. The summed E-state index contributed by atoms with van der Waals surface area (Å²) in [5.74, 6) is 1.54. The van der Waals surface area contributed by atoms with Gasteiger partial charge in [0.2, 0.25) is 0 Å². The summed E-state index contributed by atoms with van der Waals surface area (Å²) < 4.78 is 21.7. The fourth-order valence-corrected chi connectivity index (χ4v) is 4.53. The summed E-state index contributed by atoms with van der Waals surface area (Å²) in [6, 6.07) is 0. The van der Waals surface area contributed by atoms with E-state index in [1.165, 1.54) is 0 Å². The summed E-state index contributed by atoms with van der Waals surface area (Å²) in [7, 11) is -0.690. The molecule has 1 atom stereocenters. The van der Waals surface area contributed by atoms with Gasteiger partial charge in [0.15, 0.2) is 9.84 Å². The number of nitrogens with one attached hydrogen (secondary N) is 1. The number of sulfone groups is 1. The van der Waals surface area contributed by atoms with E-state index in [2.05, 4.69) is 5.32 Å². The van der Waals surface area contributed by atoms with Crippen molar-refractivity contribution in [3.8, 4) is 0 Å². The molecule has 0 amide bonds. The van der Waals surface area contributed by atoms with Gasteiger partial charge in [0.05, 0.1) is 11.5 Å². The number of hydrogen-bond donors (Lipinski definition) is 1. The molecule has 1 aliphatic carbocycles. The van der Waals surface area contributed by atoms with Crippen molar-refractivity contribution in [3.05, 3.63) is 0 Å². The minimum absolute atomic E-state index is 0.224. The van der Waals surface area contributed by atoms with Crippen molar-refractivity contribution in [2.75, 3.05) is 25.1 Å². The molecular formula is C7H13NO2S. The van der Waals surface area contributed by atoms with Crippen molar-refractivity contribution in [3.63, 3.8) is 0 Å². The zero-order chi connectivity index (χ0) is 8.11. The molecule has 1 heterocycles. The average Bonchev–Trinajstić information content (AvgIpc) is 2.40. The monoisotopic (exact) mass is 175 g/mol. The second kappa shape index (κ2) is 1.98. The standard InChI is InChI=1S/C7H13NO2S/c1-8-3-6-2-7(6)4-11(9,10)5-7/h6,8H,2-5H2,1H3. The Morgan fingerprint density at radius 1 is 1.55 bits per heavy atom. The van der Waals surface area contributed by atoms with Gasteiger partial charge in [-0.05, 0) is 25.9 Å². The Morgan fingerprint density at radius 2 is 2.18 bits per heavy atom. The van der Waals surface area contributed by atoms with E-state index in [-0.39, 0.29) is 5.41 Å². The molecular weight excluding hydrogens is 162 g/mol. The predicted molar refractivity (Wildman–Crippen MR) is 43.1 cm³/mol. The molecule has 1 spiro atoms. The van der Waals surface area contributed by atoms with Crippen molar-refractivity contribution in [2.24, 2.45) is 11.3 Å². The van der Waals surface area contributed by atoms with E-state index in [0.29, 0.717) is 17.4 Å². The zero-order valence-corrected chi connectivity index (χ0v) is 7.45. The van der Waals surface area contributed by atoms with E-state index in [9.17, 15) is 8.42 Å². The third kappa shape index (κ3) is 1.08. The lowest BCUT2D eigenvalue weighted by atomic mass is 10.1. The van der Waals surface area contributed by atoms with E-state index >= 15 is 0 Å². The van der Waals surface area contributed by atoms with Crippen molar-refractivity contribution in [1.29, 1.82) is 0 Å². The van der Waals surface area contributed by atoms with Gasteiger partial charge in [-0.25, -0.2) is 8.42 Å². The first kappa shape index (κ1) is 7.55. The van der Waals surface area contributed by atoms with Crippen LogP contribution in [0.3, 0.4) is 0 Å². The summed E-state index contributed by atoms with van der Waals surface area (Å²) in [4.78, 5) is 0.